The van der Waals surface area contributed by atoms with Crippen LogP contribution in [0.2, 0.25) is 0 Å². The monoisotopic (exact) mass is 292 g/mol. The molecule has 0 fully saturated rings. The lowest BCUT2D eigenvalue weighted by atomic mass is 9.87. The second kappa shape index (κ2) is 6.05. The first-order valence-electron chi connectivity index (χ1n) is 6.49. The van der Waals surface area contributed by atoms with Gasteiger partial charge in [0.05, 0.1) is 20.4 Å². The molecule has 0 aliphatic carbocycles. The number of aromatic nitrogens is 2. The summed E-state index contributed by atoms with van der Waals surface area (Å²) in [6.07, 6.45) is 1.57. The second-order valence-corrected chi connectivity index (χ2v) is 4.46. The summed E-state index contributed by atoms with van der Waals surface area (Å²) in [5.41, 5.74) is -1.35. The van der Waals surface area contributed by atoms with Crippen LogP contribution in [0.1, 0.15) is 24.6 Å². The van der Waals surface area contributed by atoms with E-state index in [0.29, 0.717) is 0 Å². The van der Waals surface area contributed by atoms with E-state index in [1.807, 2.05) is 0 Å². The highest BCUT2D eigenvalue weighted by Gasteiger charge is 2.37. The molecule has 1 heterocycles. The van der Waals surface area contributed by atoms with E-state index in [0.717, 1.165) is 0 Å². The van der Waals surface area contributed by atoms with Crippen molar-refractivity contribution < 1.29 is 19.0 Å². The molecule has 1 atom stereocenters. The number of ether oxygens (including phenoxy) is 2. The minimum absolute atomic E-state index is 0.0990. The van der Waals surface area contributed by atoms with Crippen LogP contribution in [0.3, 0.4) is 0 Å². The Morgan fingerprint density at radius 2 is 1.95 bits per heavy atom. The molecule has 0 aliphatic rings. The average molecular weight is 292 g/mol. The predicted molar refractivity (Wildman–Crippen MR) is 74.8 cm³/mol. The molecule has 0 saturated heterocycles. The summed E-state index contributed by atoms with van der Waals surface area (Å²) in [5.74, 6) is -0.161. The topological polar surface area (TPSA) is 64.5 Å². The van der Waals surface area contributed by atoms with Gasteiger partial charge in [-0.2, -0.15) is 4.98 Å². The van der Waals surface area contributed by atoms with E-state index < -0.39 is 11.4 Å². The molecule has 0 aliphatic heterocycles. The first-order chi connectivity index (χ1) is 10.1. The molecule has 1 unspecified atom stereocenters. The number of hydrogen-bond acceptors (Lipinski definition) is 5. The molecule has 2 aromatic rings. The highest BCUT2D eigenvalue weighted by atomic mass is 19.1. The first-order valence-corrected chi connectivity index (χ1v) is 6.49. The smallest absolute Gasteiger partial charge is 0.242 e. The molecule has 0 spiro atoms. The minimum Gasteiger partial charge on any atom is -0.480 e. The summed E-state index contributed by atoms with van der Waals surface area (Å²) in [5, 5.41) is 11.0. The van der Waals surface area contributed by atoms with Gasteiger partial charge in [-0.3, -0.25) is 0 Å². The van der Waals surface area contributed by atoms with Gasteiger partial charge >= 0.3 is 0 Å². The molecule has 1 aromatic carbocycles. The van der Waals surface area contributed by atoms with Crippen LogP contribution in [0.25, 0.3) is 0 Å². The molecule has 6 heteroatoms. The largest absolute Gasteiger partial charge is 0.480 e. The van der Waals surface area contributed by atoms with Gasteiger partial charge in [-0.15, -0.1) is 0 Å². The van der Waals surface area contributed by atoms with E-state index in [9.17, 15) is 9.50 Å². The molecular weight excluding hydrogens is 275 g/mol. The number of aliphatic hydroxyl groups is 1. The molecule has 0 radical (unpaired) electrons. The molecular formula is C15H17FN2O3. The van der Waals surface area contributed by atoms with Gasteiger partial charge in [0.25, 0.3) is 0 Å². The quantitative estimate of drug-likeness (QED) is 0.916. The fraction of sp³-hybridized carbons (Fsp3) is 0.333. The van der Waals surface area contributed by atoms with Gasteiger partial charge in [0, 0.05) is 5.56 Å². The van der Waals surface area contributed by atoms with Crippen LogP contribution in [0.15, 0.2) is 30.5 Å². The number of halogens is 1. The van der Waals surface area contributed by atoms with E-state index in [1.165, 1.54) is 32.5 Å². The number of hydrogen-bond donors (Lipinski definition) is 1. The maximum absolute atomic E-state index is 14.1. The van der Waals surface area contributed by atoms with E-state index in [2.05, 4.69) is 9.97 Å². The number of rotatable bonds is 5. The number of benzene rings is 1. The molecule has 1 N–H and O–H groups in total. The van der Waals surface area contributed by atoms with E-state index in [4.69, 9.17) is 9.47 Å². The third-order valence-corrected chi connectivity index (χ3v) is 3.34. The highest BCUT2D eigenvalue weighted by molar-refractivity contribution is 5.38. The summed E-state index contributed by atoms with van der Waals surface area (Å²) in [7, 11) is 2.86. The van der Waals surface area contributed by atoms with Gasteiger partial charge in [0.2, 0.25) is 11.8 Å². The summed E-state index contributed by atoms with van der Waals surface area (Å²) >= 11 is 0. The van der Waals surface area contributed by atoms with Crippen molar-refractivity contribution in [3.8, 4) is 11.8 Å². The van der Waals surface area contributed by atoms with Gasteiger partial charge < -0.3 is 14.6 Å². The minimum atomic E-state index is -1.63. The van der Waals surface area contributed by atoms with Crippen molar-refractivity contribution in [1.82, 2.24) is 9.97 Å². The van der Waals surface area contributed by atoms with Gasteiger partial charge in [0.15, 0.2) is 0 Å². The standard InChI is InChI=1S/C15H17FN2O3/c1-4-15(19,10-7-5-6-8-11(10)16)13-14(21-3)18-12(20-2)9-17-13/h5-9,19H,4H2,1-3H3. The fourth-order valence-corrected chi connectivity index (χ4v) is 2.16. The SMILES string of the molecule is CCC(O)(c1ccccc1F)c1ncc(OC)nc1OC. The van der Waals surface area contributed by atoms with Crippen LogP contribution < -0.4 is 9.47 Å². The van der Waals surface area contributed by atoms with E-state index in [-0.39, 0.29) is 29.4 Å². The summed E-state index contributed by atoms with van der Waals surface area (Å²) in [6.45, 7) is 1.73. The Bertz CT molecular complexity index is 636. The Morgan fingerprint density at radius 3 is 2.52 bits per heavy atom. The Balaban J connectivity index is 2.63. The van der Waals surface area contributed by atoms with Gasteiger partial charge in [-0.05, 0) is 12.5 Å². The van der Waals surface area contributed by atoms with Crippen molar-refractivity contribution in [3.05, 3.63) is 47.5 Å². The zero-order chi connectivity index (χ0) is 15.5. The zero-order valence-electron chi connectivity index (χ0n) is 12.1. The highest BCUT2D eigenvalue weighted by Crippen LogP contribution is 2.37. The molecule has 5 nitrogen and oxygen atoms in total. The van der Waals surface area contributed by atoms with Crippen LogP contribution in [0.4, 0.5) is 4.39 Å². The van der Waals surface area contributed by atoms with E-state index in [1.54, 1.807) is 19.1 Å². The van der Waals surface area contributed by atoms with Crippen molar-refractivity contribution >= 4 is 0 Å². The molecule has 2 rings (SSSR count). The number of nitrogens with zero attached hydrogens (tertiary/aromatic N) is 2. The third kappa shape index (κ3) is 2.67. The number of methoxy groups -OCH3 is 2. The molecule has 21 heavy (non-hydrogen) atoms. The first kappa shape index (κ1) is 15.2. The van der Waals surface area contributed by atoms with E-state index >= 15 is 0 Å². The van der Waals surface area contributed by atoms with Crippen LogP contribution >= 0.6 is 0 Å². The summed E-state index contributed by atoms with van der Waals surface area (Å²) in [4.78, 5) is 8.24. The fourth-order valence-electron chi connectivity index (χ4n) is 2.16. The predicted octanol–water partition coefficient (Wildman–Crippen LogP) is 2.28. The van der Waals surface area contributed by atoms with Crippen molar-refractivity contribution in [1.29, 1.82) is 0 Å². The maximum atomic E-state index is 14.1. The molecule has 112 valence electrons. The molecule has 0 amide bonds. The zero-order valence-corrected chi connectivity index (χ0v) is 12.1. The Kier molecular flexibility index (Phi) is 4.37. The van der Waals surface area contributed by atoms with Crippen molar-refractivity contribution in [3.63, 3.8) is 0 Å². The Hall–Kier alpha value is -2.21. The molecule has 1 aromatic heterocycles. The van der Waals surface area contributed by atoms with Crippen LogP contribution in [-0.2, 0) is 5.60 Å². The van der Waals surface area contributed by atoms with Crippen molar-refractivity contribution in [2.75, 3.05) is 14.2 Å². The van der Waals surface area contributed by atoms with Crippen LogP contribution in [0, 0.1) is 5.82 Å². The van der Waals surface area contributed by atoms with Crippen LogP contribution in [-0.4, -0.2) is 29.3 Å². The average Bonchev–Trinajstić information content (AvgIpc) is 2.54. The molecule has 0 bridgehead atoms. The van der Waals surface area contributed by atoms with Gasteiger partial charge in [-0.1, -0.05) is 25.1 Å². The lowest BCUT2D eigenvalue weighted by Gasteiger charge is -2.28. The normalized spacial score (nSPS) is 13.6. The third-order valence-electron chi connectivity index (χ3n) is 3.34. The maximum Gasteiger partial charge on any atom is 0.242 e. The van der Waals surface area contributed by atoms with Gasteiger partial charge in [-0.25, -0.2) is 9.37 Å². The lowest BCUT2D eigenvalue weighted by Crippen LogP contribution is -2.30. The molecule has 0 saturated carbocycles. The van der Waals surface area contributed by atoms with Crippen molar-refractivity contribution in [2.24, 2.45) is 0 Å². The Morgan fingerprint density at radius 1 is 1.24 bits per heavy atom. The van der Waals surface area contributed by atoms with Crippen molar-refractivity contribution in [2.45, 2.75) is 18.9 Å². The summed E-state index contributed by atoms with van der Waals surface area (Å²) < 4.78 is 24.2. The van der Waals surface area contributed by atoms with Crippen LogP contribution in [0.5, 0.6) is 11.8 Å². The Labute approximate surface area is 122 Å². The second-order valence-electron chi connectivity index (χ2n) is 4.46. The summed E-state index contributed by atoms with van der Waals surface area (Å²) in [6, 6.07) is 6.03. The lowest BCUT2D eigenvalue weighted by molar-refractivity contribution is 0.0639. The van der Waals surface area contributed by atoms with Gasteiger partial charge in [0.1, 0.15) is 17.1 Å².